The first-order valence-electron chi connectivity index (χ1n) is 5.84. The van der Waals surface area contributed by atoms with Crippen LogP contribution in [-0.4, -0.2) is 35.8 Å². The topological polar surface area (TPSA) is 98.9 Å². The molecule has 1 unspecified atom stereocenters. The number of aliphatic hydroxyl groups excluding tert-OH is 1. The summed E-state index contributed by atoms with van der Waals surface area (Å²) in [6.45, 7) is 1.58. The van der Waals surface area contributed by atoms with E-state index in [1.165, 1.54) is 7.11 Å². The van der Waals surface area contributed by atoms with Crippen LogP contribution in [0, 0.1) is 10.1 Å². The molecule has 0 saturated heterocycles. The van der Waals surface area contributed by atoms with Crippen molar-refractivity contribution in [2.45, 2.75) is 13.0 Å². The minimum absolute atomic E-state index is 0.0312. The molecule has 7 heteroatoms. The SMILES string of the molecule is CCOC(=O)C(O)/C(=C/c1ccc(OC)cc1)[N+](=O)[O-]. The van der Waals surface area contributed by atoms with Crippen LogP contribution < -0.4 is 4.74 Å². The average Bonchev–Trinajstić information content (AvgIpc) is 2.44. The number of hydrogen-bond donors (Lipinski definition) is 1. The van der Waals surface area contributed by atoms with Crippen molar-refractivity contribution in [3.63, 3.8) is 0 Å². The Kier molecular flexibility index (Phi) is 5.67. The molecule has 0 spiro atoms. The predicted molar refractivity (Wildman–Crippen MR) is 70.6 cm³/mol. The molecule has 0 heterocycles. The highest BCUT2D eigenvalue weighted by Crippen LogP contribution is 2.16. The van der Waals surface area contributed by atoms with Crippen LogP contribution in [0.1, 0.15) is 12.5 Å². The lowest BCUT2D eigenvalue weighted by molar-refractivity contribution is -0.432. The van der Waals surface area contributed by atoms with E-state index in [2.05, 4.69) is 4.74 Å². The van der Waals surface area contributed by atoms with Gasteiger partial charge in [-0.2, -0.15) is 0 Å². The molecule has 0 fully saturated rings. The molecule has 1 aromatic rings. The fourth-order valence-corrected chi connectivity index (χ4v) is 1.44. The summed E-state index contributed by atoms with van der Waals surface area (Å²) >= 11 is 0. The van der Waals surface area contributed by atoms with Crippen LogP contribution in [0.25, 0.3) is 6.08 Å². The Labute approximate surface area is 115 Å². The van der Waals surface area contributed by atoms with Gasteiger partial charge < -0.3 is 14.6 Å². The van der Waals surface area contributed by atoms with E-state index in [9.17, 15) is 20.0 Å². The molecule has 0 saturated carbocycles. The van der Waals surface area contributed by atoms with E-state index in [0.717, 1.165) is 6.08 Å². The lowest BCUT2D eigenvalue weighted by Crippen LogP contribution is -2.28. The van der Waals surface area contributed by atoms with E-state index in [1.807, 2.05) is 0 Å². The Morgan fingerprint density at radius 2 is 2.05 bits per heavy atom. The zero-order valence-corrected chi connectivity index (χ0v) is 11.1. The van der Waals surface area contributed by atoms with Crippen LogP contribution in [0.4, 0.5) is 0 Å². The molecule has 1 atom stereocenters. The van der Waals surface area contributed by atoms with Crippen molar-refractivity contribution in [3.05, 3.63) is 45.6 Å². The molecule has 0 amide bonds. The first kappa shape index (κ1) is 15.6. The van der Waals surface area contributed by atoms with Crippen LogP contribution in [0.15, 0.2) is 30.0 Å². The quantitative estimate of drug-likeness (QED) is 0.478. The fraction of sp³-hybridized carbons (Fsp3) is 0.308. The molecule has 0 aliphatic carbocycles. The zero-order chi connectivity index (χ0) is 15.1. The number of ether oxygens (including phenoxy) is 2. The van der Waals surface area contributed by atoms with Crippen molar-refractivity contribution in [3.8, 4) is 5.75 Å². The molecule has 0 aliphatic heterocycles. The Balaban J connectivity index is 3.02. The second kappa shape index (κ2) is 7.25. The number of methoxy groups -OCH3 is 1. The maximum absolute atomic E-state index is 11.3. The summed E-state index contributed by atoms with van der Waals surface area (Å²) in [6.07, 6.45) is -0.812. The summed E-state index contributed by atoms with van der Waals surface area (Å²) in [5.74, 6) is -0.459. The van der Waals surface area contributed by atoms with Gasteiger partial charge in [-0.15, -0.1) is 0 Å². The molecule has 0 aromatic heterocycles. The number of aliphatic hydroxyl groups is 1. The van der Waals surface area contributed by atoms with E-state index in [0.29, 0.717) is 11.3 Å². The highest BCUT2D eigenvalue weighted by Gasteiger charge is 2.30. The number of esters is 1. The highest BCUT2D eigenvalue weighted by atomic mass is 16.6. The molecule has 1 rings (SSSR count). The van der Waals surface area contributed by atoms with Crippen molar-refractivity contribution in [1.29, 1.82) is 0 Å². The van der Waals surface area contributed by atoms with Gasteiger partial charge in [0.15, 0.2) is 0 Å². The van der Waals surface area contributed by atoms with Gasteiger partial charge in [0, 0.05) is 6.08 Å². The van der Waals surface area contributed by atoms with Crippen LogP contribution in [0.3, 0.4) is 0 Å². The number of nitro groups is 1. The third-order valence-corrected chi connectivity index (χ3v) is 2.43. The summed E-state index contributed by atoms with van der Waals surface area (Å²) in [5, 5.41) is 20.6. The second-order valence-electron chi connectivity index (χ2n) is 3.75. The van der Waals surface area contributed by atoms with Crippen LogP contribution in [0.2, 0.25) is 0 Å². The number of nitrogens with zero attached hydrogens (tertiary/aromatic N) is 1. The maximum Gasteiger partial charge on any atom is 0.346 e. The van der Waals surface area contributed by atoms with Gasteiger partial charge in [0.2, 0.25) is 6.10 Å². The van der Waals surface area contributed by atoms with Crippen LogP contribution in [0.5, 0.6) is 5.75 Å². The van der Waals surface area contributed by atoms with Gasteiger partial charge in [0.05, 0.1) is 18.6 Å². The van der Waals surface area contributed by atoms with Gasteiger partial charge in [-0.3, -0.25) is 10.1 Å². The Hall–Kier alpha value is -2.41. The van der Waals surface area contributed by atoms with E-state index in [4.69, 9.17) is 4.74 Å². The molecular weight excluding hydrogens is 266 g/mol. The van der Waals surface area contributed by atoms with Gasteiger partial charge in [-0.1, -0.05) is 12.1 Å². The van der Waals surface area contributed by atoms with Gasteiger partial charge >= 0.3 is 5.97 Å². The average molecular weight is 281 g/mol. The third kappa shape index (κ3) is 4.06. The lowest BCUT2D eigenvalue weighted by atomic mass is 10.1. The van der Waals surface area contributed by atoms with Crippen LogP contribution >= 0.6 is 0 Å². The molecule has 1 aromatic carbocycles. The lowest BCUT2D eigenvalue weighted by Gasteiger charge is -2.07. The van der Waals surface area contributed by atoms with E-state index >= 15 is 0 Å². The number of rotatable bonds is 6. The smallest absolute Gasteiger partial charge is 0.346 e. The van der Waals surface area contributed by atoms with Crippen molar-refractivity contribution in [2.75, 3.05) is 13.7 Å². The monoisotopic (exact) mass is 281 g/mol. The van der Waals surface area contributed by atoms with Gasteiger partial charge in [-0.25, -0.2) is 4.79 Å². The minimum Gasteiger partial charge on any atom is -0.497 e. The third-order valence-electron chi connectivity index (χ3n) is 2.43. The molecule has 108 valence electrons. The predicted octanol–water partition coefficient (Wildman–Crippen LogP) is 1.24. The Bertz CT molecular complexity index is 508. The van der Waals surface area contributed by atoms with Crippen molar-refractivity contribution in [1.82, 2.24) is 0 Å². The molecule has 1 N–H and O–H groups in total. The summed E-state index contributed by atoms with van der Waals surface area (Å²) in [7, 11) is 1.50. The number of benzene rings is 1. The Morgan fingerprint density at radius 1 is 1.45 bits per heavy atom. The summed E-state index contributed by atoms with van der Waals surface area (Å²) < 4.78 is 9.52. The Morgan fingerprint density at radius 3 is 2.50 bits per heavy atom. The van der Waals surface area contributed by atoms with Crippen molar-refractivity contribution in [2.24, 2.45) is 0 Å². The van der Waals surface area contributed by atoms with Gasteiger partial charge in [0.1, 0.15) is 5.75 Å². The summed E-state index contributed by atoms with van der Waals surface area (Å²) in [6, 6.07) is 6.36. The minimum atomic E-state index is -1.92. The molecule has 0 radical (unpaired) electrons. The molecular formula is C13H15NO6. The summed E-state index contributed by atoms with van der Waals surface area (Å²) in [5.41, 5.74) is -0.186. The standard InChI is InChI=1S/C13H15NO6/c1-3-20-13(16)12(15)11(14(17)18)8-9-4-6-10(19-2)7-5-9/h4-8,12,15H,3H2,1-2H3/b11-8-. The normalized spacial score (nSPS) is 12.7. The first-order valence-corrected chi connectivity index (χ1v) is 5.84. The van der Waals surface area contributed by atoms with Gasteiger partial charge in [-0.05, 0) is 24.6 Å². The molecule has 0 aliphatic rings. The highest BCUT2D eigenvalue weighted by molar-refractivity contribution is 5.79. The van der Waals surface area contributed by atoms with Crippen molar-refractivity contribution < 1.29 is 24.3 Å². The van der Waals surface area contributed by atoms with E-state index in [-0.39, 0.29) is 6.61 Å². The summed E-state index contributed by atoms with van der Waals surface area (Å²) in [4.78, 5) is 21.5. The van der Waals surface area contributed by atoms with E-state index < -0.39 is 22.7 Å². The van der Waals surface area contributed by atoms with Gasteiger partial charge in [0.25, 0.3) is 5.70 Å². The van der Waals surface area contributed by atoms with Crippen LogP contribution in [-0.2, 0) is 9.53 Å². The largest absolute Gasteiger partial charge is 0.497 e. The number of carbonyl (C=O) groups excluding carboxylic acids is 1. The zero-order valence-electron chi connectivity index (χ0n) is 11.1. The molecule has 0 bridgehead atoms. The number of carbonyl (C=O) groups is 1. The molecule has 7 nitrogen and oxygen atoms in total. The van der Waals surface area contributed by atoms with Crippen molar-refractivity contribution >= 4 is 12.0 Å². The fourth-order valence-electron chi connectivity index (χ4n) is 1.44. The maximum atomic E-state index is 11.3. The van der Waals surface area contributed by atoms with E-state index in [1.54, 1.807) is 31.2 Å². The molecule has 20 heavy (non-hydrogen) atoms. The second-order valence-corrected chi connectivity index (χ2v) is 3.75. The first-order chi connectivity index (χ1) is 9.49. The number of hydrogen-bond acceptors (Lipinski definition) is 6.